The average Bonchev–Trinajstić information content (AvgIpc) is 3.50. The Hall–Kier alpha value is -2.73. The summed E-state index contributed by atoms with van der Waals surface area (Å²) in [4.78, 5) is 14.5. The minimum absolute atomic E-state index is 0.439. The lowest BCUT2D eigenvalue weighted by Crippen LogP contribution is -2.47. The number of anilines is 1. The highest BCUT2D eigenvalue weighted by atomic mass is 15.3. The second-order valence-electron chi connectivity index (χ2n) is 8.24. The summed E-state index contributed by atoms with van der Waals surface area (Å²) < 4.78 is 2.06. The molecule has 3 heterocycles. The van der Waals surface area contributed by atoms with Gasteiger partial charge in [0.05, 0.1) is 17.8 Å². The number of hydrogen-bond donors (Lipinski definition) is 0. The second-order valence-corrected chi connectivity index (χ2v) is 8.24. The lowest BCUT2D eigenvalue weighted by Gasteiger charge is -2.38. The zero-order chi connectivity index (χ0) is 19.8. The van der Waals surface area contributed by atoms with Gasteiger partial charge < -0.3 is 4.90 Å². The maximum Gasteiger partial charge on any atom is 0.164 e. The molecule has 0 spiro atoms. The average molecular weight is 389 g/mol. The molecule has 0 amide bonds. The number of benzene rings is 1. The van der Waals surface area contributed by atoms with Gasteiger partial charge in [-0.05, 0) is 32.3 Å². The number of piperazine rings is 1. The number of rotatable bonds is 5. The lowest BCUT2D eigenvalue weighted by molar-refractivity contribution is 0.198. The van der Waals surface area contributed by atoms with Crippen LogP contribution >= 0.6 is 0 Å². The molecule has 1 aliphatic carbocycles. The van der Waals surface area contributed by atoms with Crippen LogP contribution in [0.25, 0.3) is 11.4 Å². The number of aromatic nitrogens is 4. The Labute approximate surface area is 172 Å². The molecule has 0 radical (unpaired) electrons. The molecular formula is C23H28N6. The van der Waals surface area contributed by atoms with E-state index in [2.05, 4.69) is 74.1 Å². The zero-order valence-electron chi connectivity index (χ0n) is 17.2. The van der Waals surface area contributed by atoms with Crippen LogP contribution in [-0.2, 0) is 0 Å². The van der Waals surface area contributed by atoms with E-state index in [4.69, 9.17) is 4.98 Å². The van der Waals surface area contributed by atoms with E-state index >= 15 is 0 Å². The molecular weight excluding hydrogens is 360 g/mol. The van der Waals surface area contributed by atoms with Crippen LogP contribution < -0.4 is 4.90 Å². The number of aryl methyl sites for hydroxylation is 1. The Morgan fingerprint density at radius 1 is 1.00 bits per heavy atom. The Kier molecular flexibility index (Phi) is 4.79. The molecule has 5 rings (SSSR count). The van der Waals surface area contributed by atoms with E-state index < -0.39 is 0 Å². The van der Waals surface area contributed by atoms with Crippen molar-refractivity contribution in [2.45, 2.75) is 38.8 Å². The van der Waals surface area contributed by atoms with Gasteiger partial charge in [-0.15, -0.1) is 0 Å². The molecule has 2 aromatic heterocycles. The molecule has 1 unspecified atom stereocenters. The molecule has 2 aliphatic rings. The summed E-state index contributed by atoms with van der Waals surface area (Å²) in [5.41, 5.74) is 3.40. The van der Waals surface area contributed by atoms with Gasteiger partial charge in [-0.3, -0.25) is 9.58 Å². The number of hydrogen-bond acceptors (Lipinski definition) is 5. The summed E-state index contributed by atoms with van der Waals surface area (Å²) >= 11 is 0. The van der Waals surface area contributed by atoms with E-state index in [0.29, 0.717) is 12.1 Å². The largest absolute Gasteiger partial charge is 0.354 e. The standard InChI is InChI=1S/C23H28N6/c1-17-14-22(26-23(25-17)20-15-24-29(16-20)21-8-9-21)28-12-10-27(11-13-28)18(2)19-6-4-3-5-7-19/h3-7,14-16,18,21H,8-13H2,1-2H3. The second kappa shape index (κ2) is 7.59. The van der Waals surface area contributed by atoms with Gasteiger partial charge >= 0.3 is 0 Å². The molecule has 150 valence electrons. The van der Waals surface area contributed by atoms with Crippen molar-refractivity contribution in [1.82, 2.24) is 24.6 Å². The van der Waals surface area contributed by atoms with Crippen molar-refractivity contribution in [1.29, 1.82) is 0 Å². The summed E-state index contributed by atoms with van der Waals surface area (Å²) in [5, 5.41) is 4.50. The third-order valence-corrected chi connectivity index (χ3v) is 6.09. The van der Waals surface area contributed by atoms with Gasteiger partial charge in [0.2, 0.25) is 0 Å². The van der Waals surface area contributed by atoms with E-state index in [9.17, 15) is 0 Å². The van der Waals surface area contributed by atoms with Gasteiger partial charge in [0, 0.05) is 50.2 Å². The zero-order valence-corrected chi connectivity index (χ0v) is 17.2. The molecule has 29 heavy (non-hydrogen) atoms. The van der Waals surface area contributed by atoms with Crippen molar-refractivity contribution in [3.63, 3.8) is 0 Å². The molecule has 2 fully saturated rings. The molecule has 1 saturated heterocycles. The van der Waals surface area contributed by atoms with Crippen molar-refractivity contribution in [3.8, 4) is 11.4 Å². The monoisotopic (exact) mass is 388 g/mol. The van der Waals surface area contributed by atoms with Gasteiger partial charge in [-0.1, -0.05) is 30.3 Å². The summed E-state index contributed by atoms with van der Waals surface area (Å²) in [5.74, 6) is 1.81. The Morgan fingerprint density at radius 3 is 2.48 bits per heavy atom. The molecule has 1 atom stereocenters. The van der Waals surface area contributed by atoms with Gasteiger partial charge in [0.25, 0.3) is 0 Å². The fourth-order valence-electron chi connectivity index (χ4n) is 4.12. The van der Waals surface area contributed by atoms with Crippen molar-refractivity contribution >= 4 is 5.82 Å². The van der Waals surface area contributed by atoms with Crippen LogP contribution in [0.15, 0.2) is 48.8 Å². The molecule has 6 nitrogen and oxygen atoms in total. The van der Waals surface area contributed by atoms with Crippen LogP contribution in [0.4, 0.5) is 5.82 Å². The smallest absolute Gasteiger partial charge is 0.164 e. The Balaban J connectivity index is 1.29. The van der Waals surface area contributed by atoms with Crippen LogP contribution in [0, 0.1) is 6.92 Å². The normalized spacial score (nSPS) is 18.8. The summed E-state index contributed by atoms with van der Waals surface area (Å²) in [7, 11) is 0. The highest BCUT2D eigenvalue weighted by Crippen LogP contribution is 2.35. The predicted molar refractivity (Wildman–Crippen MR) is 115 cm³/mol. The van der Waals surface area contributed by atoms with Gasteiger partial charge in [-0.2, -0.15) is 5.10 Å². The third kappa shape index (κ3) is 3.90. The van der Waals surface area contributed by atoms with Crippen LogP contribution in [0.3, 0.4) is 0 Å². The van der Waals surface area contributed by atoms with Crippen molar-refractivity contribution in [2.75, 3.05) is 31.1 Å². The molecule has 1 aromatic carbocycles. The van der Waals surface area contributed by atoms with Crippen molar-refractivity contribution < 1.29 is 0 Å². The highest BCUT2D eigenvalue weighted by molar-refractivity contribution is 5.56. The maximum absolute atomic E-state index is 4.89. The first-order valence-corrected chi connectivity index (χ1v) is 10.6. The molecule has 0 bridgehead atoms. The van der Waals surface area contributed by atoms with Crippen molar-refractivity contribution in [3.05, 3.63) is 60.0 Å². The van der Waals surface area contributed by atoms with E-state index in [1.165, 1.54) is 18.4 Å². The maximum atomic E-state index is 4.89. The SMILES string of the molecule is Cc1cc(N2CCN(C(C)c3ccccc3)CC2)nc(-c2cnn(C3CC3)c2)n1. The van der Waals surface area contributed by atoms with Crippen LogP contribution in [0.2, 0.25) is 0 Å². The molecule has 3 aromatic rings. The summed E-state index contributed by atoms with van der Waals surface area (Å²) in [6, 6.07) is 13.9. The van der Waals surface area contributed by atoms with Crippen LogP contribution in [-0.4, -0.2) is 50.8 Å². The summed E-state index contributed by atoms with van der Waals surface area (Å²) in [6.07, 6.45) is 6.45. The minimum Gasteiger partial charge on any atom is -0.354 e. The predicted octanol–water partition coefficient (Wildman–Crippen LogP) is 3.87. The first-order chi connectivity index (χ1) is 14.2. The Morgan fingerprint density at radius 2 is 1.76 bits per heavy atom. The third-order valence-electron chi connectivity index (χ3n) is 6.09. The highest BCUT2D eigenvalue weighted by Gasteiger charge is 2.26. The first kappa shape index (κ1) is 18.3. The molecule has 0 N–H and O–H groups in total. The molecule has 1 aliphatic heterocycles. The fourth-order valence-corrected chi connectivity index (χ4v) is 4.12. The van der Waals surface area contributed by atoms with Gasteiger partial charge in [-0.25, -0.2) is 9.97 Å². The first-order valence-electron chi connectivity index (χ1n) is 10.6. The number of nitrogens with zero attached hydrogens (tertiary/aromatic N) is 6. The lowest BCUT2D eigenvalue weighted by atomic mass is 10.1. The van der Waals surface area contributed by atoms with Crippen LogP contribution in [0.1, 0.15) is 43.1 Å². The minimum atomic E-state index is 0.439. The van der Waals surface area contributed by atoms with E-state index in [-0.39, 0.29) is 0 Å². The molecule has 1 saturated carbocycles. The molecule has 6 heteroatoms. The summed E-state index contributed by atoms with van der Waals surface area (Å²) in [6.45, 7) is 8.38. The van der Waals surface area contributed by atoms with E-state index in [1.54, 1.807) is 0 Å². The van der Waals surface area contributed by atoms with Crippen LogP contribution in [0.5, 0.6) is 0 Å². The fraction of sp³-hybridized carbons (Fsp3) is 0.435. The van der Waals surface area contributed by atoms with Gasteiger partial charge in [0.15, 0.2) is 5.82 Å². The Bertz CT molecular complexity index is 970. The van der Waals surface area contributed by atoms with Crippen molar-refractivity contribution in [2.24, 2.45) is 0 Å². The van der Waals surface area contributed by atoms with E-state index in [0.717, 1.165) is 49.1 Å². The topological polar surface area (TPSA) is 50.1 Å². The van der Waals surface area contributed by atoms with E-state index in [1.807, 2.05) is 13.1 Å². The van der Waals surface area contributed by atoms with Gasteiger partial charge in [0.1, 0.15) is 5.82 Å². The quantitative estimate of drug-likeness (QED) is 0.664.